The van der Waals surface area contributed by atoms with Crippen LogP contribution < -0.4 is 5.73 Å². The molecular formula is C14H21NO. The van der Waals surface area contributed by atoms with Crippen LogP contribution in [0.3, 0.4) is 0 Å². The summed E-state index contributed by atoms with van der Waals surface area (Å²) in [6, 6.07) is 10.0. The first kappa shape index (κ1) is 12.9. The summed E-state index contributed by atoms with van der Waals surface area (Å²) in [7, 11) is 0. The van der Waals surface area contributed by atoms with Crippen molar-refractivity contribution in [2.75, 3.05) is 0 Å². The van der Waals surface area contributed by atoms with E-state index in [9.17, 15) is 4.79 Å². The first-order valence-corrected chi connectivity index (χ1v) is 5.94. The Morgan fingerprint density at radius 1 is 1.25 bits per heavy atom. The molecule has 0 aliphatic heterocycles. The second kappa shape index (κ2) is 6.44. The van der Waals surface area contributed by atoms with Crippen molar-refractivity contribution in [2.45, 2.75) is 39.2 Å². The fourth-order valence-corrected chi connectivity index (χ4v) is 1.74. The molecule has 16 heavy (non-hydrogen) atoms. The Morgan fingerprint density at radius 3 is 2.44 bits per heavy atom. The summed E-state index contributed by atoms with van der Waals surface area (Å²) in [6.45, 7) is 3.80. The molecule has 0 unspecified atom stereocenters. The molecule has 0 saturated carbocycles. The first-order chi connectivity index (χ1) is 7.61. The van der Waals surface area contributed by atoms with E-state index in [1.165, 1.54) is 5.56 Å². The Kier molecular flexibility index (Phi) is 5.20. The van der Waals surface area contributed by atoms with Crippen molar-refractivity contribution in [2.24, 2.45) is 11.7 Å². The number of hydrogen-bond acceptors (Lipinski definition) is 2. The summed E-state index contributed by atoms with van der Waals surface area (Å²) in [5.41, 5.74) is 7.14. The van der Waals surface area contributed by atoms with E-state index in [2.05, 4.69) is 12.1 Å². The smallest absolute Gasteiger partial charge is 0.152 e. The van der Waals surface area contributed by atoms with E-state index < -0.39 is 0 Å². The molecule has 0 aliphatic carbocycles. The van der Waals surface area contributed by atoms with Gasteiger partial charge in [0, 0.05) is 5.92 Å². The van der Waals surface area contributed by atoms with Crippen LogP contribution in [0.4, 0.5) is 0 Å². The third kappa shape index (κ3) is 4.15. The maximum atomic E-state index is 11.6. The zero-order valence-corrected chi connectivity index (χ0v) is 10.1. The Balaban J connectivity index is 2.28. The molecule has 1 aromatic carbocycles. The monoisotopic (exact) mass is 219 g/mol. The van der Waals surface area contributed by atoms with Gasteiger partial charge in [-0.15, -0.1) is 0 Å². The third-order valence-corrected chi connectivity index (χ3v) is 2.76. The summed E-state index contributed by atoms with van der Waals surface area (Å²) >= 11 is 0. The molecule has 2 N–H and O–H groups in total. The molecule has 2 nitrogen and oxygen atoms in total. The van der Waals surface area contributed by atoms with Crippen LogP contribution in [0.1, 0.15) is 32.3 Å². The van der Waals surface area contributed by atoms with Crippen molar-refractivity contribution in [3.63, 3.8) is 0 Å². The molecule has 2 heteroatoms. The van der Waals surface area contributed by atoms with Gasteiger partial charge in [-0.2, -0.15) is 0 Å². The highest BCUT2D eigenvalue weighted by Gasteiger charge is 2.15. The Bertz CT molecular complexity index is 319. The van der Waals surface area contributed by atoms with Gasteiger partial charge < -0.3 is 5.73 Å². The van der Waals surface area contributed by atoms with Gasteiger partial charge >= 0.3 is 0 Å². The van der Waals surface area contributed by atoms with E-state index in [1.54, 1.807) is 0 Å². The van der Waals surface area contributed by atoms with Gasteiger partial charge in [-0.05, 0) is 24.8 Å². The fraction of sp³-hybridized carbons (Fsp3) is 0.500. The Labute approximate surface area is 97.9 Å². The maximum Gasteiger partial charge on any atom is 0.152 e. The fourth-order valence-electron chi connectivity index (χ4n) is 1.74. The molecular weight excluding hydrogens is 198 g/mol. The number of rotatable bonds is 6. The van der Waals surface area contributed by atoms with Crippen LogP contribution in [0.25, 0.3) is 0 Å². The number of benzene rings is 1. The van der Waals surface area contributed by atoms with Crippen molar-refractivity contribution in [3.05, 3.63) is 35.9 Å². The van der Waals surface area contributed by atoms with E-state index in [1.807, 2.05) is 32.0 Å². The molecule has 0 saturated heterocycles. The van der Waals surface area contributed by atoms with E-state index in [0.717, 1.165) is 19.3 Å². The summed E-state index contributed by atoms with van der Waals surface area (Å²) in [6.07, 6.45) is 2.76. The van der Waals surface area contributed by atoms with Crippen LogP contribution >= 0.6 is 0 Å². The number of carbonyl (C=O) groups excluding carboxylic acids is 1. The van der Waals surface area contributed by atoms with Crippen LogP contribution in [0.2, 0.25) is 0 Å². The molecule has 0 aromatic heterocycles. The van der Waals surface area contributed by atoms with Gasteiger partial charge in [-0.3, -0.25) is 4.79 Å². The van der Waals surface area contributed by atoms with Crippen molar-refractivity contribution >= 4 is 5.78 Å². The zero-order chi connectivity index (χ0) is 12.0. The first-order valence-electron chi connectivity index (χ1n) is 5.94. The second-order valence-electron chi connectivity index (χ2n) is 4.54. The number of nitrogens with two attached hydrogens (primary N) is 1. The highest BCUT2D eigenvalue weighted by Crippen LogP contribution is 2.08. The van der Waals surface area contributed by atoms with Gasteiger partial charge in [-0.1, -0.05) is 44.2 Å². The van der Waals surface area contributed by atoms with Crippen molar-refractivity contribution < 1.29 is 4.79 Å². The van der Waals surface area contributed by atoms with E-state index in [0.29, 0.717) is 0 Å². The molecule has 0 heterocycles. The topological polar surface area (TPSA) is 43.1 Å². The zero-order valence-electron chi connectivity index (χ0n) is 10.1. The van der Waals surface area contributed by atoms with Crippen LogP contribution in [0.15, 0.2) is 30.3 Å². The highest BCUT2D eigenvalue weighted by molar-refractivity contribution is 5.85. The number of Topliss-reactive ketones (excluding diaryl/α,β-unsaturated/α-hetero) is 1. The maximum absolute atomic E-state index is 11.6. The molecule has 1 aromatic rings. The molecule has 0 radical (unpaired) electrons. The predicted molar refractivity (Wildman–Crippen MR) is 67.2 cm³/mol. The minimum atomic E-state index is -0.288. The van der Waals surface area contributed by atoms with Gasteiger partial charge in [0.1, 0.15) is 0 Å². The number of hydrogen-bond donors (Lipinski definition) is 1. The van der Waals surface area contributed by atoms with Crippen LogP contribution in [-0.2, 0) is 11.2 Å². The SMILES string of the molecule is CC(C)C(=O)[C@@H](N)CCCc1ccccc1. The van der Waals surface area contributed by atoms with E-state index >= 15 is 0 Å². The molecule has 0 fully saturated rings. The van der Waals surface area contributed by atoms with Gasteiger partial charge in [-0.25, -0.2) is 0 Å². The largest absolute Gasteiger partial charge is 0.321 e. The Morgan fingerprint density at radius 2 is 1.88 bits per heavy atom. The summed E-state index contributed by atoms with van der Waals surface area (Å²) in [4.78, 5) is 11.6. The molecule has 1 atom stereocenters. The minimum absolute atomic E-state index is 0.0479. The number of aryl methyl sites for hydroxylation is 1. The summed E-state index contributed by atoms with van der Waals surface area (Å²) in [5.74, 6) is 0.222. The lowest BCUT2D eigenvalue weighted by atomic mass is 9.97. The van der Waals surface area contributed by atoms with Gasteiger partial charge in [0.25, 0.3) is 0 Å². The van der Waals surface area contributed by atoms with Crippen molar-refractivity contribution in [1.29, 1.82) is 0 Å². The average Bonchev–Trinajstić information content (AvgIpc) is 2.29. The van der Waals surface area contributed by atoms with Gasteiger partial charge in [0.05, 0.1) is 6.04 Å². The van der Waals surface area contributed by atoms with Crippen LogP contribution in [-0.4, -0.2) is 11.8 Å². The van der Waals surface area contributed by atoms with Crippen molar-refractivity contribution in [1.82, 2.24) is 0 Å². The predicted octanol–water partition coefficient (Wildman–Crippen LogP) is 2.56. The van der Waals surface area contributed by atoms with Crippen molar-refractivity contribution in [3.8, 4) is 0 Å². The molecule has 88 valence electrons. The molecule has 1 rings (SSSR count). The second-order valence-corrected chi connectivity index (χ2v) is 4.54. The summed E-state index contributed by atoms with van der Waals surface area (Å²) in [5, 5.41) is 0. The van der Waals surface area contributed by atoms with Gasteiger partial charge in [0.15, 0.2) is 5.78 Å². The lowest BCUT2D eigenvalue weighted by Crippen LogP contribution is -2.33. The lowest BCUT2D eigenvalue weighted by Gasteiger charge is -2.12. The third-order valence-electron chi connectivity index (χ3n) is 2.76. The van der Waals surface area contributed by atoms with Gasteiger partial charge in [0.2, 0.25) is 0 Å². The lowest BCUT2D eigenvalue weighted by molar-refractivity contribution is -0.123. The van der Waals surface area contributed by atoms with Crippen LogP contribution in [0.5, 0.6) is 0 Å². The molecule has 0 bridgehead atoms. The molecule has 0 spiro atoms. The minimum Gasteiger partial charge on any atom is -0.321 e. The average molecular weight is 219 g/mol. The van der Waals surface area contributed by atoms with E-state index in [4.69, 9.17) is 5.73 Å². The number of ketones is 1. The highest BCUT2D eigenvalue weighted by atomic mass is 16.1. The number of carbonyl (C=O) groups is 1. The Hall–Kier alpha value is -1.15. The van der Waals surface area contributed by atoms with E-state index in [-0.39, 0.29) is 17.7 Å². The standard InChI is InChI=1S/C14H21NO/c1-11(2)14(16)13(15)10-6-9-12-7-4-3-5-8-12/h3-5,7-8,11,13H,6,9-10,15H2,1-2H3/t13-/m0/s1. The quantitative estimate of drug-likeness (QED) is 0.799. The molecule has 0 aliphatic rings. The van der Waals surface area contributed by atoms with Crippen LogP contribution in [0, 0.1) is 5.92 Å². The summed E-state index contributed by atoms with van der Waals surface area (Å²) < 4.78 is 0. The normalized spacial score (nSPS) is 12.8. The molecule has 0 amide bonds.